The molecule has 2 heterocycles. The second kappa shape index (κ2) is 6.26. The van der Waals surface area contributed by atoms with Gasteiger partial charge in [-0.15, -0.1) is 0 Å². The zero-order valence-corrected chi connectivity index (χ0v) is 13.6. The Bertz CT molecular complexity index is 853. The number of carbonyl (C=O) groups excluding carboxylic acids is 2. The summed E-state index contributed by atoms with van der Waals surface area (Å²) in [6, 6.07) is 5.37. The van der Waals surface area contributed by atoms with E-state index in [0.717, 1.165) is 5.52 Å². The van der Waals surface area contributed by atoms with Crippen LogP contribution in [0.3, 0.4) is 0 Å². The molecule has 24 heavy (non-hydrogen) atoms. The van der Waals surface area contributed by atoms with E-state index in [1.54, 1.807) is 23.7 Å². The third-order valence-electron chi connectivity index (χ3n) is 3.73. The molecular formula is C15H18N4O5. The van der Waals surface area contributed by atoms with Gasteiger partial charge in [-0.05, 0) is 17.3 Å². The third kappa shape index (κ3) is 2.92. The number of carbonyl (C=O) groups is 2. The van der Waals surface area contributed by atoms with Crippen LogP contribution in [-0.2, 0) is 21.4 Å². The molecule has 1 aromatic heterocycles. The zero-order valence-electron chi connectivity index (χ0n) is 13.6. The lowest BCUT2D eigenvalue weighted by molar-refractivity contribution is -0.119. The summed E-state index contributed by atoms with van der Waals surface area (Å²) in [5.74, 6) is -0.163. The standard InChI is InChI=1S/C15H18N4O5/c1-9(20)16-7-11-8-19(15(21)23-11)10-4-5-12-13(6-10)24-14(17-22-3)18(12)2/h4-6,11H,7-8H2,1-3H3,(H,16,20)/t11-/m0/s1. The molecule has 1 atom stereocenters. The topological polar surface area (TPSA) is 98.3 Å². The fourth-order valence-electron chi connectivity index (χ4n) is 2.55. The van der Waals surface area contributed by atoms with Crippen molar-refractivity contribution in [3.8, 4) is 0 Å². The molecule has 9 heteroatoms. The van der Waals surface area contributed by atoms with Gasteiger partial charge in [-0.1, -0.05) is 0 Å². The van der Waals surface area contributed by atoms with Gasteiger partial charge in [0.1, 0.15) is 13.2 Å². The van der Waals surface area contributed by atoms with Gasteiger partial charge in [0.05, 0.1) is 24.3 Å². The van der Waals surface area contributed by atoms with Gasteiger partial charge in [0, 0.05) is 20.0 Å². The highest BCUT2D eigenvalue weighted by molar-refractivity contribution is 5.92. The van der Waals surface area contributed by atoms with E-state index in [-0.39, 0.29) is 18.6 Å². The molecule has 1 aliphatic rings. The summed E-state index contributed by atoms with van der Waals surface area (Å²) >= 11 is 0. The maximum Gasteiger partial charge on any atom is 0.414 e. The highest BCUT2D eigenvalue weighted by Crippen LogP contribution is 2.25. The van der Waals surface area contributed by atoms with Crippen LogP contribution in [0.5, 0.6) is 0 Å². The van der Waals surface area contributed by atoms with Gasteiger partial charge < -0.3 is 19.3 Å². The molecule has 0 saturated carbocycles. The Morgan fingerprint density at radius 1 is 1.50 bits per heavy atom. The summed E-state index contributed by atoms with van der Waals surface area (Å²) in [5, 5.41) is 6.43. The lowest BCUT2D eigenvalue weighted by Crippen LogP contribution is -2.33. The molecule has 9 nitrogen and oxygen atoms in total. The first-order valence-electron chi connectivity index (χ1n) is 7.39. The minimum atomic E-state index is -0.456. The quantitative estimate of drug-likeness (QED) is 0.830. The number of nitrogens with zero attached hydrogens (tertiary/aromatic N) is 3. The van der Waals surface area contributed by atoms with Crippen LogP contribution in [0.2, 0.25) is 0 Å². The molecular weight excluding hydrogens is 316 g/mol. The molecule has 0 bridgehead atoms. The Morgan fingerprint density at radius 2 is 2.29 bits per heavy atom. The molecule has 1 aromatic carbocycles. The molecule has 1 saturated heterocycles. The second-order valence-corrected chi connectivity index (χ2v) is 5.42. The van der Waals surface area contributed by atoms with Crippen molar-refractivity contribution in [2.45, 2.75) is 13.0 Å². The van der Waals surface area contributed by atoms with Gasteiger partial charge >= 0.3 is 11.8 Å². The number of aryl methyl sites for hydroxylation is 1. The van der Waals surface area contributed by atoms with E-state index in [4.69, 9.17) is 14.0 Å². The molecule has 1 N–H and O–H groups in total. The van der Waals surface area contributed by atoms with E-state index in [1.165, 1.54) is 18.9 Å². The van der Waals surface area contributed by atoms with Gasteiger partial charge in [0.15, 0.2) is 5.58 Å². The fraction of sp³-hybridized carbons (Fsp3) is 0.400. The Balaban J connectivity index is 1.86. The molecule has 0 aliphatic carbocycles. The first kappa shape index (κ1) is 15.9. The number of nitrogens with one attached hydrogen (secondary N) is 1. The van der Waals surface area contributed by atoms with Gasteiger partial charge in [-0.3, -0.25) is 14.3 Å². The number of hydrogen-bond acceptors (Lipinski definition) is 6. The monoisotopic (exact) mass is 334 g/mol. The molecule has 3 rings (SSSR count). The predicted octanol–water partition coefficient (Wildman–Crippen LogP) is 0.695. The predicted molar refractivity (Wildman–Crippen MR) is 84.1 cm³/mol. The Morgan fingerprint density at radius 3 is 3.00 bits per heavy atom. The zero-order chi connectivity index (χ0) is 17.3. The number of fused-ring (bicyclic) bond motifs is 1. The SMILES string of the molecule is CON=c1oc2cc(N3C[C@H](CNC(C)=O)OC3=O)ccc2n1C. The average molecular weight is 334 g/mol. The summed E-state index contributed by atoms with van der Waals surface area (Å²) in [6.45, 7) is 2.06. The summed E-state index contributed by atoms with van der Waals surface area (Å²) in [6.07, 6.45) is -0.841. The van der Waals surface area contributed by atoms with Crippen LogP contribution in [0.1, 0.15) is 6.92 Å². The van der Waals surface area contributed by atoms with Crippen LogP contribution in [0.25, 0.3) is 11.1 Å². The molecule has 0 spiro atoms. The maximum absolute atomic E-state index is 12.1. The van der Waals surface area contributed by atoms with Crippen molar-refractivity contribution in [1.82, 2.24) is 9.88 Å². The second-order valence-electron chi connectivity index (χ2n) is 5.42. The van der Waals surface area contributed by atoms with E-state index in [0.29, 0.717) is 23.5 Å². The minimum absolute atomic E-state index is 0.163. The number of amides is 2. The van der Waals surface area contributed by atoms with E-state index in [1.807, 2.05) is 6.07 Å². The highest BCUT2D eigenvalue weighted by atomic mass is 16.6. The van der Waals surface area contributed by atoms with Gasteiger partial charge in [0.25, 0.3) is 0 Å². The van der Waals surface area contributed by atoms with Crippen molar-refractivity contribution in [2.24, 2.45) is 12.2 Å². The third-order valence-corrected chi connectivity index (χ3v) is 3.73. The average Bonchev–Trinajstić information content (AvgIpc) is 3.06. The minimum Gasteiger partial charge on any atom is -0.442 e. The Hall–Kier alpha value is -2.97. The summed E-state index contributed by atoms with van der Waals surface area (Å²) in [7, 11) is 3.24. The number of oxazole rings is 1. The molecule has 0 unspecified atom stereocenters. The van der Waals surface area contributed by atoms with Crippen LogP contribution >= 0.6 is 0 Å². The van der Waals surface area contributed by atoms with Crippen molar-refractivity contribution in [2.75, 3.05) is 25.1 Å². The van der Waals surface area contributed by atoms with Crippen LogP contribution < -0.4 is 15.9 Å². The van der Waals surface area contributed by atoms with Crippen molar-refractivity contribution in [3.05, 3.63) is 23.9 Å². The Labute approximate surface area is 137 Å². The number of benzene rings is 1. The number of cyclic esters (lactones) is 1. The molecule has 1 fully saturated rings. The molecule has 2 amide bonds. The summed E-state index contributed by atoms with van der Waals surface area (Å²) in [4.78, 5) is 29.3. The van der Waals surface area contributed by atoms with E-state index >= 15 is 0 Å². The molecule has 128 valence electrons. The molecule has 2 aromatic rings. The lowest BCUT2D eigenvalue weighted by Gasteiger charge is -2.12. The van der Waals surface area contributed by atoms with Crippen LogP contribution in [0, 0.1) is 0 Å². The van der Waals surface area contributed by atoms with Gasteiger partial charge in [-0.2, -0.15) is 0 Å². The lowest BCUT2D eigenvalue weighted by atomic mass is 10.2. The van der Waals surface area contributed by atoms with Gasteiger partial charge in [0.2, 0.25) is 5.91 Å². The number of rotatable bonds is 4. The first-order chi connectivity index (χ1) is 11.5. The Kier molecular flexibility index (Phi) is 4.15. The van der Waals surface area contributed by atoms with Crippen LogP contribution in [0.4, 0.5) is 10.5 Å². The molecule has 1 aliphatic heterocycles. The van der Waals surface area contributed by atoms with Gasteiger partial charge in [-0.25, -0.2) is 4.79 Å². The fourth-order valence-corrected chi connectivity index (χ4v) is 2.55. The van der Waals surface area contributed by atoms with E-state index in [2.05, 4.69) is 10.5 Å². The summed E-state index contributed by atoms with van der Waals surface area (Å²) in [5.41, 5.74) is 2.36. The van der Waals surface area contributed by atoms with Crippen molar-refractivity contribution in [3.63, 3.8) is 0 Å². The van der Waals surface area contributed by atoms with Crippen LogP contribution in [-0.4, -0.2) is 42.9 Å². The van der Waals surface area contributed by atoms with Crippen molar-refractivity contribution >= 4 is 28.8 Å². The van der Waals surface area contributed by atoms with E-state index in [9.17, 15) is 9.59 Å². The largest absolute Gasteiger partial charge is 0.442 e. The van der Waals surface area contributed by atoms with Crippen molar-refractivity contribution < 1.29 is 23.6 Å². The number of ether oxygens (including phenoxy) is 1. The normalized spacial score (nSPS) is 18.1. The summed E-state index contributed by atoms with van der Waals surface area (Å²) < 4.78 is 12.6. The van der Waals surface area contributed by atoms with Crippen LogP contribution in [0.15, 0.2) is 27.8 Å². The first-order valence-corrected chi connectivity index (χ1v) is 7.39. The van der Waals surface area contributed by atoms with E-state index < -0.39 is 6.09 Å². The smallest absolute Gasteiger partial charge is 0.414 e. The molecule has 0 radical (unpaired) electrons. The number of hydrogen-bond donors (Lipinski definition) is 1. The van der Waals surface area contributed by atoms with Crippen molar-refractivity contribution in [1.29, 1.82) is 0 Å². The maximum atomic E-state index is 12.1. The number of anilines is 1. The highest BCUT2D eigenvalue weighted by Gasteiger charge is 2.32. The number of aromatic nitrogens is 1.